The van der Waals surface area contributed by atoms with E-state index in [1.807, 2.05) is 19.1 Å². The third-order valence-electron chi connectivity index (χ3n) is 6.97. The number of aromatic nitrogens is 3. The van der Waals surface area contributed by atoms with Gasteiger partial charge in [0.05, 0.1) is 37.2 Å². The molecule has 2 aliphatic heterocycles. The highest BCUT2D eigenvalue weighted by atomic mass is 19.1. The van der Waals surface area contributed by atoms with Gasteiger partial charge in [0.2, 0.25) is 5.88 Å². The van der Waals surface area contributed by atoms with Crippen molar-refractivity contribution < 1.29 is 19.0 Å². The Hall–Kier alpha value is -3.46. The molecule has 1 aromatic carbocycles. The molecule has 3 aromatic rings. The van der Waals surface area contributed by atoms with Crippen molar-refractivity contribution in [2.45, 2.75) is 44.9 Å². The number of methoxy groups -OCH3 is 1. The van der Waals surface area contributed by atoms with Gasteiger partial charge in [-0.3, -0.25) is 0 Å². The minimum absolute atomic E-state index is 0.0445. The first-order chi connectivity index (χ1) is 16.5. The Balaban J connectivity index is 1.47. The minimum Gasteiger partial charge on any atom is -0.493 e. The van der Waals surface area contributed by atoms with E-state index >= 15 is 0 Å². The molecule has 9 heteroatoms. The van der Waals surface area contributed by atoms with Gasteiger partial charge in [0.1, 0.15) is 6.10 Å². The summed E-state index contributed by atoms with van der Waals surface area (Å²) in [5.41, 5.74) is 3.61. The van der Waals surface area contributed by atoms with Crippen molar-refractivity contribution in [3.05, 3.63) is 53.5 Å². The van der Waals surface area contributed by atoms with E-state index in [-0.39, 0.29) is 24.0 Å². The molecule has 0 amide bonds. The number of anilines is 2. The highest BCUT2D eigenvalue weighted by Gasteiger charge is 2.49. The van der Waals surface area contributed by atoms with Crippen LogP contribution in [0.3, 0.4) is 0 Å². The number of hydrogen-bond donors (Lipinski definition) is 2. The van der Waals surface area contributed by atoms with Crippen LogP contribution in [0.25, 0.3) is 11.3 Å². The Morgan fingerprint density at radius 1 is 1.29 bits per heavy atom. The third-order valence-corrected chi connectivity index (χ3v) is 6.97. The van der Waals surface area contributed by atoms with Crippen LogP contribution in [-0.2, 0) is 6.61 Å². The Morgan fingerprint density at radius 2 is 2.15 bits per heavy atom. The van der Waals surface area contributed by atoms with Crippen molar-refractivity contribution in [2.75, 3.05) is 30.4 Å². The summed E-state index contributed by atoms with van der Waals surface area (Å²) in [6, 6.07) is 8.59. The molecule has 34 heavy (non-hydrogen) atoms. The zero-order chi connectivity index (χ0) is 23.9. The van der Waals surface area contributed by atoms with Gasteiger partial charge < -0.3 is 24.8 Å². The summed E-state index contributed by atoms with van der Waals surface area (Å²) in [6.07, 6.45) is 3.32. The van der Waals surface area contributed by atoms with Crippen LogP contribution in [0, 0.1) is 12.7 Å². The van der Waals surface area contributed by atoms with Crippen LogP contribution in [0.5, 0.6) is 11.6 Å². The van der Waals surface area contributed by atoms with Crippen molar-refractivity contribution >= 4 is 11.5 Å². The molecule has 2 atom stereocenters. The average molecular weight is 466 g/mol. The average Bonchev–Trinajstić information content (AvgIpc) is 3.23. The van der Waals surface area contributed by atoms with Gasteiger partial charge in [-0.25, -0.2) is 9.37 Å². The molecule has 0 spiro atoms. The number of benzene rings is 1. The summed E-state index contributed by atoms with van der Waals surface area (Å²) in [7, 11) is 1.45. The Bertz CT molecular complexity index is 1220. The maximum Gasteiger partial charge on any atom is 0.213 e. The lowest BCUT2D eigenvalue weighted by molar-refractivity contribution is 0.201. The number of para-hydroxylation sites is 1. The van der Waals surface area contributed by atoms with Crippen molar-refractivity contribution in [3.63, 3.8) is 0 Å². The molecular formula is C25H28FN5O3. The molecule has 4 heterocycles. The van der Waals surface area contributed by atoms with Gasteiger partial charge >= 0.3 is 0 Å². The van der Waals surface area contributed by atoms with E-state index in [2.05, 4.69) is 32.3 Å². The number of nitrogens with zero attached hydrogens (tertiary/aromatic N) is 4. The molecule has 0 bridgehead atoms. The highest BCUT2D eigenvalue weighted by molar-refractivity contribution is 5.77. The van der Waals surface area contributed by atoms with Gasteiger partial charge in [-0.1, -0.05) is 13.0 Å². The number of pyridine rings is 1. The normalized spacial score (nSPS) is 21.0. The van der Waals surface area contributed by atoms with E-state index in [0.29, 0.717) is 29.5 Å². The summed E-state index contributed by atoms with van der Waals surface area (Å²) in [5, 5.41) is 21.6. The molecule has 0 radical (unpaired) electrons. The largest absolute Gasteiger partial charge is 0.493 e. The second-order valence-corrected chi connectivity index (χ2v) is 8.88. The van der Waals surface area contributed by atoms with Crippen LogP contribution in [0.1, 0.15) is 30.9 Å². The molecule has 178 valence electrons. The first kappa shape index (κ1) is 22.3. The number of aliphatic hydroxyl groups excluding tert-OH is 1. The number of rotatable bonds is 6. The molecule has 2 N–H and O–H groups in total. The van der Waals surface area contributed by atoms with E-state index in [1.165, 1.54) is 13.2 Å². The van der Waals surface area contributed by atoms with E-state index < -0.39 is 5.82 Å². The predicted octanol–water partition coefficient (Wildman–Crippen LogP) is 3.72. The molecule has 1 saturated heterocycles. The van der Waals surface area contributed by atoms with Crippen LogP contribution in [0.2, 0.25) is 0 Å². The van der Waals surface area contributed by atoms with Crippen molar-refractivity contribution in [1.29, 1.82) is 0 Å². The lowest BCUT2D eigenvalue weighted by Gasteiger charge is -2.43. The Kier molecular flexibility index (Phi) is 5.73. The molecule has 2 aliphatic rings. The molecule has 0 saturated carbocycles. The molecule has 5 rings (SSSR count). The number of hydrogen-bond acceptors (Lipinski definition) is 8. The standard InChI is InChI=1S/C25H28FN5O3/c1-4-25-10-17(34-22-8-15(2)16(13-32)11-27-22)12-31(25)21-9-20(29-30-24(21)28-14-25)18-6-5-7-19(26)23(18)33-3/h5-9,11,17,32H,4,10,12-14H2,1-3H3,(H,28,30)/t17-,25-/m1/s1. The Labute approximate surface area is 197 Å². The Morgan fingerprint density at radius 3 is 2.88 bits per heavy atom. The van der Waals surface area contributed by atoms with Gasteiger partial charge in [-0.15, -0.1) is 10.2 Å². The maximum atomic E-state index is 14.3. The van der Waals surface area contributed by atoms with Gasteiger partial charge in [-0.2, -0.15) is 0 Å². The van der Waals surface area contributed by atoms with Crippen molar-refractivity contribution in [2.24, 2.45) is 0 Å². The lowest BCUT2D eigenvalue weighted by Crippen LogP contribution is -2.52. The third kappa shape index (κ3) is 3.69. The highest BCUT2D eigenvalue weighted by Crippen LogP contribution is 2.45. The number of aryl methyl sites for hydroxylation is 1. The molecule has 2 aromatic heterocycles. The lowest BCUT2D eigenvalue weighted by atomic mass is 9.90. The van der Waals surface area contributed by atoms with Gasteiger partial charge in [0, 0.05) is 30.8 Å². The summed E-state index contributed by atoms with van der Waals surface area (Å²) in [4.78, 5) is 6.71. The second kappa shape index (κ2) is 8.72. The molecular weight excluding hydrogens is 437 g/mol. The van der Waals surface area contributed by atoms with Crippen LogP contribution < -0.4 is 19.7 Å². The zero-order valence-electron chi connectivity index (χ0n) is 19.5. The molecule has 8 nitrogen and oxygen atoms in total. The number of halogens is 1. The van der Waals surface area contributed by atoms with Gasteiger partial charge in [0.25, 0.3) is 0 Å². The topological polar surface area (TPSA) is 92.6 Å². The summed E-state index contributed by atoms with van der Waals surface area (Å²) in [5.74, 6) is 0.963. The minimum atomic E-state index is -0.440. The van der Waals surface area contributed by atoms with E-state index in [9.17, 15) is 9.50 Å². The first-order valence-electron chi connectivity index (χ1n) is 11.4. The maximum absolute atomic E-state index is 14.3. The van der Waals surface area contributed by atoms with E-state index in [4.69, 9.17) is 9.47 Å². The van der Waals surface area contributed by atoms with Crippen molar-refractivity contribution in [1.82, 2.24) is 15.2 Å². The monoisotopic (exact) mass is 465 g/mol. The fourth-order valence-corrected chi connectivity index (χ4v) is 5.03. The fraction of sp³-hybridized carbons (Fsp3) is 0.400. The zero-order valence-corrected chi connectivity index (χ0v) is 19.5. The van der Waals surface area contributed by atoms with Crippen molar-refractivity contribution in [3.8, 4) is 22.9 Å². The summed E-state index contributed by atoms with van der Waals surface area (Å²) < 4.78 is 25.9. The van der Waals surface area contributed by atoms with E-state index in [0.717, 1.165) is 36.2 Å². The van der Waals surface area contributed by atoms with Gasteiger partial charge in [-0.05, 0) is 42.7 Å². The summed E-state index contributed by atoms with van der Waals surface area (Å²) >= 11 is 0. The molecule has 0 unspecified atom stereocenters. The molecule has 1 fully saturated rings. The first-order valence-corrected chi connectivity index (χ1v) is 11.4. The van der Waals surface area contributed by atoms with Crippen LogP contribution >= 0.6 is 0 Å². The number of nitrogens with one attached hydrogen (secondary N) is 1. The fourth-order valence-electron chi connectivity index (χ4n) is 5.03. The van der Waals surface area contributed by atoms with E-state index in [1.54, 1.807) is 18.3 Å². The quantitative estimate of drug-likeness (QED) is 0.569. The SMILES string of the molecule is CC[C@@]12CNc3nnc(-c4cccc(F)c4OC)cc3N1C[C@H](Oc1cc(C)c(CO)cn1)C2. The van der Waals surface area contributed by atoms with Crippen LogP contribution in [0.4, 0.5) is 15.9 Å². The summed E-state index contributed by atoms with van der Waals surface area (Å²) in [6.45, 7) is 5.45. The number of aliphatic hydroxyl groups is 1. The van der Waals surface area contributed by atoms with Gasteiger partial charge in [0.15, 0.2) is 17.4 Å². The smallest absolute Gasteiger partial charge is 0.213 e. The molecule has 0 aliphatic carbocycles. The van der Waals surface area contributed by atoms with Crippen LogP contribution in [-0.4, -0.2) is 52.1 Å². The number of ether oxygens (including phenoxy) is 2. The predicted molar refractivity (Wildman–Crippen MR) is 127 cm³/mol. The second-order valence-electron chi connectivity index (χ2n) is 8.88. The van der Waals surface area contributed by atoms with Crippen LogP contribution in [0.15, 0.2) is 36.5 Å². The number of fused-ring (bicyclic) bond motifs is 3.